The van der Waals surface area contributed by atoms with Gasteiger partial charge in [0.15, 0.2) is 0 Å². The van der Waals surface area contributed by atoms with Gasteiger partial charge in [-0.05, 0) is 50.0 Å². The molecule has 1 aromatic rings. The highest BCUT2D eigenvalue weighted by molar-refractivity contribution is 6.31. The lowest BCUT2D eigenvalue weighted by Gasteiger charge is -2.35. The summed E-state index contributed by atoms with van der Waals surface area (Å²) in [5, 5.41) is 2.31. The van der Waals surface area contributed by atoms with Gasteiger partial charge in [0.05, 0.1) is 6.10 Å². The number of hydrogen-bond donors (Lipinski definition) is 1. The van der Waals surface area contributed by atoms with Crippen LogP contribution in [-0.2, 0) is 9.59 Å². The van der Waals surface area contributed by atoms with E-state index in [1.807, 2.05) is 19.1 Å². The third-order valence-electron chi connectivity index (χ3n) is 5.18. The molecule has 27 heavy (non-hydrogen) atoms. The number of nitrogens with one attached hydrogen (secondary N) is 1. The molecule has 3 rings (SSSR count). The number of nitrogens with zero attached hydrogens (tertiary/aromatic N) is 1. The van der Waals surface area contributed by atoms with Crippen LogP contribution in [0.25, 0.3) is 6.08 Å². The van der Waals surface area contributed by atoms with Gasteiger partial charge in [-0.3, -0.25) is 19.8 Å². The van der Waals surface area contributed by atoms with Crippen molar-refractivity contribution in [1.29, 1.82) is 0 Å². The topological polar surface area (TPSA) is 75.7 Å². The summed E-state index contributed by atoms with van der Waals surface area (Å²) in [7, 11) is 0. The molecule has 2 aliphatic rings. The number of amides is 4. The number of hydrogen-bond acceptors (Lipinski definition) is 4. The predicted octanol–water partition coefficient (Wildman–Crippen LogP) is 3.66. The highest BCUT2D eigenvalue weighted by Crippen LogP contribution is 2.26. The van der Waals surface area contributed by atoms with Gasteiger partial charge in [-0.1, -0.05) is 38.3 Å². The molecule has 1 heterocycles. The molecular weight excluding hydrogens is 344 g/mol. The molecule has 1 aromatic carbocycles. The van der Waals surface area contributed by atoms with Crippen molar-refractivity contribution < 1.29 is 19.1 Å². The van der Waals surface area contributed by atoms with Crippen molar-refractivity contribution in [3.8, 4) is 5.75 Å². The van der Waals surface area contributed by atoms with Gasteiger partial charge in [0, 0.05) is 6.04 Å². The average Bonchev–Trinajstić information content (AvgIpc) is 2.67. The number of carbonyl (C=O) groups is 3. The Balaban J connectivity index is 1.80. The van der Waals surface area contributed by atoms with Gasteiger partial charge >= 0.3 is 6.03 Å². The van der Waals surface area contributed by atoms with Crippen LogP contribution in [0.2, 0.25) is 0 Å². The molecule has 0 bridgehead atoms. The van der Waals surface area contributed by atoms with Gasteiger partial charge in [-0.2, -0.15) is 0 Å². The van der Waals surface area contributed by atoms with E-state index < -0.39 is 17.8 Å². The number of imide groups is 2. The van der Waals surface area contributed by atoms with E-state index in [1.54, 1.807) is 12.1 Å². The van der Waals surface area contributed by atoms with Crippen LogP contribution in [0.5, 0.6) is 5.75 Å². The smallest absolute Gasteiger partial charge is 0.331 e. The standard InChI is InChI=1S/C21H26N2O4/c1-3-14(2)27-17-11-9-15(10-12-17)13-18-19(24)22-21(26)23(20(18)25)16-7-5-4-6-8-16/h9-14,16H,3-8H2,1-2H3,(H,22,24,26)/b18-13+/t14-/m1/s1. The van der Waals surface area contributed by atoms with Crippen molar-refractivity contribution in [3.05, 3.63) is 35.4 Å². The fraction of sp³-hybridized carbons (Fsp3) is 0.476. The van der Waals surface area contributed by atoms with Crippen LogP contribution in [0, 0.1) is 0 Å². The molecule has 1 saturated carbocycles. The molecule has 144 valence electrons. The molecule has 1 atom stereocenters. The molecule has 1 saturated heterocycles. The highest BCUT2D eigenvalue weighted by atomic mass is 16.5. The van der Waals surface area contributed by atoms with Gasteiger partial charge in [-0.25, -0.2) is 4.79 Å². The molecule has 0 spiro atoms. The zero-order valence-corrected chi connectivity index (χ0v) is 15.9. The SMILES string of the molecule is CC[C@@H](C)Oc1ccc(/C=C2\C(=O)NC(=O)N(C3CCCCC3)C2=O)cc1. The number of barbiturate groups is 1. The van der Waals surface area contributed by atoms with E-state index in [1.165, 1.54) is 11.0 Å². The van der Waals surface area contributed by atoms with Crippen molar-refractivity contribution in [3.63, 3.8) is 0 Å². The Morgan fingerprint density at radius 3 is 2.44 bits per heavy atom. The molecule has 1 aliphatic carbocycles. The van der Waals surface area contributed by atoms with E-state index in [4.69, 9.17) is 4.74 Å². The zero-order chi connectivity index (χ0) is 19.4. The Morgan fingerprint density at radius 1 is 1.15 bits per heavy atom. The van der Waals surface area contributed by atoms with Crippen LogP contribution in [-0.4, -0.2) is 34.9 Å². The van der Waals surface area contributed by atoms with Crippen LogP contribution in [0.15, 0.2) is 29.8 Å². The molecular formula is C21H26N2O4. The van der Waals surface area contributed by atoms with Crippen molar-refractivity contribution >= 4 is 23.9 Å². The summed E-state index contributed by atoms with van der Waals surface area (Å²) < 4.78 is 5.74. The number of urea groups is 1. The maximum atomic E-state index is 12.9. The maximum Gasteiger partial charge on any atom is 0.331 e. The summed E-state index contributed by atoms with van der Waals surface area (Å²) in [5.41, 5.74) is 0.707. The molecule has 0 aromatic heterocycles. The first kappa shape index (κ1) is 19.1. The zero-order valence-electron chi connectivity index (χ0n) is 15.9. The first-order chi connectivity index (χ1) is 13.0. The third-order valence-corrected chi connectivity index (χ3v) is 5.18. The fourth-order valence-electron chi connectivity index (χ4n) is 3.47. The molecule has 4 amide bonds. The van der Waals surface area contributed by atoms with Gasteiger partial charge in [0.2, 0.25) is 0 Å². The first-order valence-electron chi connectivity index (χ1n) is 9.67. The van der Waals surface area contributed by atoms with Gasteiger partial charge in [0.25, 0.3) is 11.8 Å². The summed E-state index contributed by atoms with van der Waals surface area (Å²) in [6, 6.07) is 6.49. The van der Waals surface area contributed by atoms with Crippen molar-refractivity contribution in [1.82, 2.24) is 10.2 Å². The van der Waals surface area contributed by atoms with Gasteiger partial charge in [-0.15, -0.1) is 0 Å². The number of ether oxygens (including phenoxy) is 1. The summed E-state index contributed by atoms with van der Waals surface area (Å²) in [5.74, 6) is -0.405. The molecule has 1 N–H and O–H groups in total. The molecule has 1 aliphatic heterocycles. The lowest BCUT2D eigenvalue weighted by Crippen LogP contribution is -2.58. The molecule has 6 heteroatoms. The van der Waals surface area contributed by atoms with E-state index in [0.29, 0.717) is 5.56 Å². The quantitative estimate of drug-likeness (QED) is 0.634. The monoisotopic (exact) mass is 370 g/mol. The van der Waals surface area contributed by atoms with Crippen LogP contribution >= 0.6 is 0 Å². The van der Waals surface area contributed by atoms with Gasteiger partial charge in [0.1, 0.15) is 11.3 Å². The third kappa shape index (κ3) is 4.38. The Bertz CT molecular complexity index is 748. The van der Waals surface area contributed by atoms with Crippen molar-refractivity contribution in [2.24, 2.45) is 0 Å². The summed E-state index contributed by atoms with van der Waals surface area (Å²) in [6.45, 7) is 4.05. The molecule has 0 radical (unpaired) electrons. The second-order valence-electron chi connectivity index (χ2n) is 7.19. The second-order valence-corrected chi connectivity index (χ2v) is 7.19. The lowest BCUT2D eigenvalue weighted by atomic mass is 9.93. The Hall–Kier alpha value is -2.63. The minimum atomic E-state index is -0.642. The molecule has 2 fully saturated rings. The van der Waals surface area contributed by atoms with E-state index >= 15 is 0 Å². The Morgan fingerprint density at radius 2 is 1.81 bits per heavy atom. The molecule has 0 unspecified atom stereocenters. The maximum absolute atomic E-state index is 12.9. The van der Waals surface area contributed by atoms with E-state index in [9.17, 15) is 14.4 Å². The number of carbonyl (C=O) groups excluding carboxylic acids is 3. The van der Waals surface area contributed by atoms with Crippen LogP contribution in [0.4, 0.5) is 4.79 Å². The normalized spacial score (nSPS) is 21.3. The number of benzene rings is 1. The highest BCUT2D eigenvalue weighted by Gasteiger charge is 2.40. The average molecular weight is 370 g/mol. The van der Waals surface area contributed by atoms with Crippen molar-refractivity contribution in [2.75, 3.05) is 0 Å². The fourth-order valence-corrected chi connectivity index (χ4v) is 3.47. The van der Waals surface area contributed by atoms with E-state index in [-0.39, 0.29) is 17.7 Å². The lowest BCUT2D eigenvalue weighted by molar-refractivity contribution is -0.132. The predicted molar refractivity (Wildman–Crippen MR) is 102 cm³/mol. The summed E-state index contributed by atoms with van der Waals surface area (Å²) >= 11 is 0. The van der Waals surface area contributed by atoms with Crippen molar-refractivity contribution in [2.45, 2.75) is 64.5 Å². The minimum absolute atomic E-state index is 0.00392. The second kappa shape index (κ2) is 8.37. The largest absolute Gasteiger partial charge is 0.491 e. The minimum Gasteiger partial charge on any atom is -0.491 e. The molecule has 6 nitrogen and oxygen atoms in total. The Kier molecular flexibility index (Phi) is 5.94. The summed E-state index contributed by atoms with van der Waals surface area (Å²) in [6.07, 6.45) is 7.25. The van der Waals surface area contributed by atoms with Crippen LogP contribution in [0.3, 0.4) is 0 Å². The van der Waals surface area contributed by atoms with E-state index in [2.05, 4.69) is 12.2 Å². The van der Waals surface area contributed by atoms with Gasteiger partial charge < -0.3 is 4.74 Å². The summed E-state index contributed by atoms with van der Waals surface area (Å²) in [4.78, 5) is 38.5. The van der Waals surface area contributed by atoms with Crippen LogP contribution < -0.4 is 10.1 Å². The van der Waals surface area contributed by atoms with E-state index in [0.717, 1.165) is 44.3 Å². The first-order valence-corrected chi connectivity index (χ1v) is 9.67. The number of rotatable bonds is 5. The Labute approximate surface area is 159 Å². The van der Waals surface area contributed by atoms with Crippen LogP contribution in [0.1, 0.15) is 57.9 Å².